The molecule has 9 nitrogen and oxygen atoms in total. The van der Waals surface area contributed by atoms with Gasteiger partial charge in [0.15, 0.2) is 0 Å². The van der Waals surface area contributed by atoms with Crippen molar-refractivity contribution < 1.29 is 19.0 Å². The molecule has 1 aromatic carbocycles. The van der Waals surface area contributed by atoms with E-state index >= 15 is 0 Å². The van der Waals surface area contributed by atoms with Gasteiger partial charge >= 0.3 is 0 Å². The Morgan fingerprint density at radius 1 is 1.16 bits per heavy atom. The number of hydrogen-bond acceptors (Lipinski definition) is 7. The smallest absolute Gasteiger partial charge is 0.272 e. The standard InChI is InChI=1S/C22H21N5O4/c1-26-19(10-18(25-26)17-9-15(29-2)4-5-20(17)30-3)22(28)27-12-16(13-27)31-21-8-14(11-23)6-7-24-21/h4-10,16H,12-13H2,1-3H3. The van der Waals surface area contributed by atoms with E-state index < -0.39 is 0 Å². The van der Waals surface area contributed by atoms with Crippen LogP contribution in [0.25, 0.3) is 11.3 Å². The number of carbonyl (C=O) groups excluding carboxylic acids is 1. The summed E-state index contributed by atoms with van der Waals surface area (Å²) in [5.41, 5.74) is 2.30. The van der Waals surface area contributed by atoms with Gasteiger partial charge in [-0.25, -0.2) is 4.98 Å². The molecule has 1 saturated heterocycles. The highest BCUT2D eigenvalue weighted by molar-refractivity contribution is 5.94. The number of nitriles is 1. The largest absolute Gasteiger partial charge is 0.497 e. The van der Waals surface area contributed by atoms with Crippen molar-refractivity contribution in [2.45, 2.75) is 6.10 Å². The summed E-state index contributed by atoms with van der Waals surface area (Å²) in [7, 11) is 4.91. The molecule has 1 amide bonds. The van der Waals surface area contributed by atoms with Gasteiger partial charge in [0.1, 0.15) is 23.3 Å². The summed E-state index contributed by atoms with van der Waals surface area (Å²) < 4.78 is 18.1. The van der Waals surface area contributed by atoms with Crippen molar-refractivity contribution in [1.82, 2.24) is 19.7 Å². The minimum Gasteiger partial charge on any atom is -0.497 e. The Labute approximate surface area is 179 Å². The number of benzene rings is 1. The van der Waals surface area contributed by atoms with Crippen molar-refractivity contribution in [1.29, 1.82) is 5.26 Å². The van der Waals surface area contributed by atoms with E-state index in [4.69, 9.17) is 19.5 Å². The van der Waals surface area contributed by atoms with Crippen molar-refractivity contribution in [3.63, 3.8) is 0 Å². The van der Waals surface area contributed by atoms with Crippen molar-refractivity contribution in [2.75, 3.05) is 27.3 Å². The monoisotopic (exact) mass is 419 g/mol. The summed E-state index contributed by atoms with van der Waals surface area (Å²) >= 11 is 0. The number of nitrogens with zero attached hydrogens (tertiary/aromatic N) is 5. The van der Waals surface area contributed by atoms with Crippen molar-refractivity contribution >= 4 is 5.91 Å². The molecule has 3 heterocycles. The van der Waals surface area contributed by atoms with E-state index in [0.717, 1.165) is 5.56 Å². The molecule has 3 aromatic rings. The maximum Gasteiger partial charge on any atom is 0.272 e. The number of methoxy groups -OCH3 is 2. The van der Waals surface area contributed by atoms with E-state index in [0.29, 0.717) is 47.4 Å². The Balaban J connectivity index is 1.46. The third-order valence-electron chi connectivity index (χ3n) is 5.07. The highest BCUT2D eigenvalue weighted by atomic mass is 16.5. The van der Waals surface area contributed by atoms with E-state index in [1.807, 2.05) is 6.07 Å². The lowest BCUT2D eigenvalue weighted by Gasteiger charge is -2.38. The quantitative estimate of drug-likeness (QED) is 0.604. The first-order valence-corrected chi connectivity index (χ1v) is 9.61. The van der Waals surface area contributed by atoms with Gasteiger partial charge in [0.05, 0.1) is 44.6 Å². The highest BCUT2D eigenvalue weighted by Gasteiger charge is 2.34. The molecule has 9 heteroatoms. The third kappa shape index (κ3) is 4.00. The lowest BCUT2D eigenvalue weighted by Crippen LogP contribution is -2.56. The highest BCUT2D eigenvalue weighted by Crippen LogP contribution is 2.33. The van der Waals surface area contributed by atoms with Crippen LogP contribution >= 0.6 is 0 Å². The van der Waals surface area contributed by atoms with Gasteiger partial charge in [0.25, 0.3) is 5.91 Å². The number of carbonyl (C=O) groups is 1. The molecule has 0 bridgehead atoms. The van der Waals surface area contributed by atoms with Crippen LogP contribution in [-0.2, 0) is 7.05 Å². The fourth-order valence-corrected chi connectivity index (χ4v) is 3.37. The van der Waals surface area contributed by atoms with Crippen LogP contribution in [0.4, 0.5) is 0 Å². The maximum absolute atomic E-state index is 13.0. The van der Waals surface area contributed by atoms with Crippen LogP contribution in [0.15, 0.2) is 42.6 Å². The Hall–Kier alpha value is -4.06. The van der Waals surface area contributed by atoms with Gasteiger partial charge < -0.3 is 19.1 Å². The van der Waals surface area contributed by atoms with Crippen LogP contribution in [0, 0.1) is 11.3 Å². The zero-order valence-electron chi connectivity index (χ0n) is 17.4. The normalized spacial score (nSPS) is 13.3. The van der Waals surface area contributed by atoms with E-state index in [2.05, 4.69) is 16.2 Å². The summed E-state index contributed by atoms with van der Waals surface area (Å²) in [5.74, 6) is 1.55. The zero-order valence-corrected chi connectivity index (χ0v) is 17.4. The van der Waals surface area contributed by atoms with Gasteiger partial charge in [-0.05, 0) is 30.3 Å². The van der Waals surface area contributed by atoms with E-state index in [9.17, 15) is 4.79 Å². The van der Waals surface area contributed by atoms with Crippen molar-refractivity contribution in [3.05, 3.63) is 53.9 Å². The molecular weight excluding hydrogens is 398 g/mol. The zero-order chi connectivity index (χ0) is 22.0. The van der Waals surface area contributed by atoms with Crippen LogP contribution in [0.5, 0.6) is 17.4 Å². The lowest BCUT2D eigenvalue weighted by molar-refractivity contribution is 0.0152. The summed E-state index contributed by atoms with van der Waals surface area (Å²) in [6.07, 6.45) is 1.36. The number of aryl methyl sites for hydroxylation is 1. The molecule has 1 aliphatic rings. The minimum absolute atomic E-state index is 0.137. The molecule has 0 saturated carbocycles. The SMILES string of the molecule is COc1ccc(OC)c(-c2cc(C(=O)N3CC(Oc4cc(C#N)ccn4)C3)n(C)n2)c1. The van der Waals surface area contributed by atoms with Crippen LogP contribution in [0.3, 0.4) is 0 Å². The molecule has 0 atom stereocenters. The van der Waals surface area contributed by atoms with Crippen LogP contribution < -0.4 is 14.2 Å². The fourth-order valence-electron chi connectivity index (χ4n) is 3.37. The number of likely N-dealkylation sites (tertiary alicyclic amines) is 1. The van der Waals surface area contributed by atoms with E-state index in [-0.39, 0.29) is 12.0 Å². The third-order valence-corrected chi connectivity index (χ3v) is 5.07. The molecule has 4 rings (SSSR count). The average Bonchev–Trinajstić information content (AvgIpc) is 3.16. The number of pyridine rings is 1. The summed E-state index contributed by atoms with van der Waals surface area (Å²) in [4.78, 5) is 18.8. The van der Waals surface area contributed by atoms with Gasteiger partial charge in [-0.15, -0.1) is 0 Å². The molecule has 0 N–H and O–H groups in total. The Morgan fingerprint density at radius 2 is 1.97 bits per heavy atom. The number of aromatic nitrogens is 3. The van der Waals surface area contributed by atoms with Crippen molar-refractivity contribution in [2.24, 2.45) is 7.05 Å². The van der Waals surface area contributed by atoms with Crippen LogP contribution in [0.1, 0.15) is 16.1 Å². The molecule has 0 spiro atoms. The number of ether oxygens (including phenoxy) is 3. The second-order valence-electron chi connectivity index (χ2n) is 7.05. The number of hydrogen-bond donors (Lipinski definition) is 0. The van der Waals surface area contributed by atoms with Crippen molar-refractivity contribution in [3.8, 4) is 34.7 Å². The molecule has 1 aliphatic heterocycles. The lowest BCUT2D eigenvalue weighted by atomic mass is 10.1. The van der Waals surface area contributed by atoms with Gasteiger partial charge in [-0.2, -0.15) is 10.4 Å². The molecule has 2 aromatic heterocycles. The van der Waals surface area contributed by atoms with Gasteiger partial charge in [-0.1, -0.05) is 0 Å². The molecule has 158 valence electrons. The summed E-state index contributed by atoms with van der Waals surface area (Å²) in [5, 5.41) is 13.5. The predicted octanol–water partition coefficient (Wildman–Crippen LogP) is 2.27. The maximum atomic E-state index is 13.0. The van der Waals surface area contributed by atoms with Crippen LogP contribution in [0.2, 0.25) is 0 Å². The molecule has 0 aliphatic carbocycles. The average molecular weight is 419 g/mol. The molecule has 1 fully saturated rings. The molecule has 0 unspecified atom stereocenters. The van der Waals surface area contributed by atoms with Crippen LogP contribution in [-0.4, -0.2) is 59.0 Å². The van der Waals surface area contributed by atoms with Gasteiger partial charge in [0, 0.05) is 24.9 Å². The Kier molecular flexibility index (Phi) is 5.45. The molecular formula is C22H21N5O4. The second kappa shape index (κ2) is 8.36. The number of rotatable bonds is 6. The second-order valence-corrected chi connectivity index (χ2v) is 7.05. The van der Waals surface area contributed by atoms with Gasteiger partial charge in [0.2, 0.25) is 5.88 Å². The van der Waals surface area contributed by atoms with E-state index in [1.165, 1.54) is 6.20 Å². The van der Waals surface area contributed by atoms with Gasteiger partial charge in [-0.3, -0.25) is 9.48 Å². The van der Waals surface area contributed by atoms with E-state index in [1.54, 1.807) is 61.2 Å². The first kappa shape index (κ1) is 20.2. The Bertz CT molecular complexity index is 1160. The topological polar surface area (TPSA) is 102 Å². The first-order valence-electron chi connectivity index (χ1n) is 9.61. The fraction of sp³-hybridized carbons (Fsp3) is 0.273. The summed E-state index contributed by atoms with van der Waals surface area (Å²) in [6.45, 7) is 0.862. The number of amides is 1. The predicted molar refractivity (Wildman–Crippen MR) is 111 cm³/mol. The summed E-state index contributed by atoms with van der Waals surface area (Å²) in [6, 6.07) is 12.4. The Morgan fingerprint density at radius 3 is 2.68 bits per heavy atom. The minimum atomic E-state index is -0.170. The first-order chi connectivity index (χ1) is 15.0. The molecule has 31 heavy (non-hydrogen) atoms. The molecule has 0 radical (unpaired) electrons.